The Kier molecular flexibility index (Phi) is 1.81. The number of para-hydroxylation sites is 1. The van der Waals surface area contributed by atoms with Crippen LogP contribution in [0.1, 0.15) is 12.5 Å². The van der Waals surface area contributed by atoms with Crippen molar-refractivity contribution in [1.82, 2.24) is 4.57 Å². The summed E-state index contributed by atoms with van der Waals surface area (Å²) in [5.41, 5.74) is 1.27. The molecule has 0 saturated carbocycles. The van der Waals surface area contributed by atoms with Crippen LogP contribution in [0.4, 0.5) is 0 Å². The molecule has 1 radical (unpaired) electrons. The van der Waals surface area contributed by atoms with Crippen molar-refractivity contribution < 1.29 is 4.74 Å². The van der Waals surface area contributed by atoms with E-state index >= 15 is 0 Å². The fourth-order valence-corrected chi connectivity index (χ4v) is 2.07. The van der Waals surface area contributed by atoms with Crippen molar-refractivity contribution >= 4 is 10.9 Å². The van der Waals surface area contributed by atoms with E-state index in [1.165, 1.54) is 10.9 Å². The van der Waals surface area contributed by atoms with Crippen LogP contribution < -0.4 is 0 Å². The van der Waals surface area contributed by atoms with Gasteiger partial charge in [-0.05, 0) is 12.5 Å². The van der Waals surface area contributed by atoms with Gasteiger partial charge in [-0.2, -0.15) is 0 Å². The average Bonchev–Trinajstić information content (AvgIpc) is 2.85. The third-order valence-corrected chi connectivity index (χ3v) is 2.84. The van der Waals surface area contributed by atoms with E-state index in [0.29, 0.717) is 6.04 Å². The van der Waals surface area contributed by atoms with Crippen molar-refractivity contribution in [3.05, 3.63) is 36.5 Å². The van der Waals surface area contributed by atoms with Crippen molar-refractivity contribution in [2.75, 3.05) is 13.2 Å². The lowest BCUT2D eigenvalue weighted by molar-refractivity contribution is 0.187. The lowest BCUT2D eigenvalue weighted by Gasteiger charge is -2.11. The van der Waals surface area contributed by atoms with Crippen molar-refractivity contribution in [3.8, 4) is 0 Å². The molecule has 1 fully saturated rings. The van der Waals surface area contributed by atoms with Crippen molar-refractivity contribution in [2.45, 2.75) is 12.5 Å². The lowest BCUT2D eigenvalue weighted by atomic mass is 10.2. The quantitative estimate of drug-likeness (QED) is 0.667. The third kappa shape index (κ3) is 1.15. The van der Waals surface area contributed by atoms with Gasteiger partial charge in [0, 0.05) is 29.8 Å². The second kappa shape index (κ2) is 3.14. The van der Waals surface area contributed by atoms with Crippen LogP contribution in [0.15, 0.2) is 30.5 Å². The smallest absolute Gasteiger partial charge is 0.0674 e. The summed E-state index contributed by atoms with van der Waals surface area (Å²) < 4.78 is 7.68. The van der Waals surface area contributed by atoms with Gasteiger partial charge in [-0.15, -0.1) is 0 Å². The van der Waals surface area contributed by atoms with Crippen molar-refractivity contribution in [1.29, 1.82) is 0 Å². The number of fused-ring (bicyclic) bond motifs is 1. The Morgan fingerprint density at radius 2 is 2.29 bits per heavy atom. The molecule has 1 saturated heterocycles. The van der Waals surface area contributed by atoms with E-state index in [-0.39, 0.29) is 0 Å². The zero-order valence-electron chi connectivity index (χ0n) is 7.94. The molecule has 0 amide bonds. The first-order valence-corrected chi connectivity index (χ1v) is 5.00. The predicted octanol–water partition coefficient (Wildman–Crippen LogP) is 2.40. The summed E-state index contributed by atoms with van der Waals surface area (Å²) in [5, 5.41) is 1.19. The lowest BCUT2D eigenvalue weighted by Crippen LogP contribution is -2.06. The highest BCUT2D eigenvalue weighted by Gasteiger charge is 2.18. The fourth-order valence-electron chi connectivity index (χ4n) is 2.07. The van der Waals surface area contributed by atoms with Gasteiger partial charge in [0.25, 0.3) is 0 Å². The van der Waals surface area contributed by atoms with Gasteiger partial charge in [0.1, 0.15) is 0 Å². The molecule has 71 valence electrons. The molecule has 14 heavy (non-hydrogen) atoms. The SMILES string of the molecule is [c]1cn(C2CCOC2)c2ccccc12. The van der Waals surface area contributed by atoms with Crippen LogP contribution in [0.5, 0.6) is 0 Å². The van der Waals surface area contributed by atoms with Crippen LogP contribution in [-0.2, 0) is 4.74 Å². The Bertz CT molecular complexity index is 440. The summed E-state index contributed by atoms with van der Waals surface area (Å²) >= 11 is 0. The molecular formula is C12H12NO. The summed E-state index contributed by atoms with van der Waals surface area (Å²) in [6.07, 6.45) is 3.16. The highest BCUT2D eigenvalue weighted by molar-refractivity contribution is 5.79. The van der Waals surface area contributed by atoms with Gasteiger partial charge in [-0.25, -0.2) is 0 Å². The minimum atomic E-state index is 0.506. The largest absolute Gasteiger partial charge is 0.379 e. The molecule has 1 aliphatic heterocycles. The Balaban J connectivity index is 2.11. The zero-order valence-corrected chi connectivity index (χ0v) is 7.94. The molecule has 1 aromatic carbocycles. The molecule has 1 unspecified atom stereocenters. The molecule has 1 aromatic heterocycles. The van der Waals surface area contributed by atoms with Crippen molar-refractivity contribution in [2.24, 2.45) is 0 Å². The molecule has 3 rings (SSSR count). The van der Waals surface area contributed by atoms with Gasteiger partial charge in [-0.1, -0.05) is 18.2 Å². The van der Waals surface area contributed by atoms with E-state index in [0.717, 1.165) is 19.6 Å². The molecule has 0 aliphatic carbocycles. The van der Waals surface area contributed by atoms with Crippen LogP contribution in [0.2, 0.25) is 0 Å². The second-order valence-electron chi connectivity index (χ2n) is 3.72. The number of rotatable bonds is 1. The number of aromatic nitrogens is 1. The molecule has 2 heteroatoms. The van der Waals surface area contributed by atoms with E-state index in [1.54, 1.807) is 0 Å². The first kappa shape index (κ1) is 8.06. The Hall–Kier alpha value is -1.28. The van der Waals surface area contributed by atoms with E-state index in [1.807, 2.05) is 12.3 Å². The Morgan fingerprint density at radius 3 is 3.14 bits per heavy atom. The summed E-state index contributed by atoms with van der Waals surface area (Å²) in [4.78, 5) is 0. The standard InChI is InChI=1S/C12H12NO/c1-2-4-12-10(3-1)5-7-13(12)11-6-8-14-9-11/h1-4,7,11H,6,8-9H2. The third-order valence-electron chi connectivity index (χ3n) is 2.84. The minimum absolute atomic E-state index is 0.506. The number of benzene rings is 1. The molecule has 0 spiro atoms. The molecule has 0 N–H and O–H groups in total. The minimum Gasteiger partial charge on any atom is -0.379 e. The fraction of sp³-hybridized carbons (Fsp3) is 0.333. The molecular weight excluding hydrogens is 174 g/mol. The van der Waals surface area contributed by atoms with E-state index < -0.39 is 0 Å². The number of nitrogens with zero attached hydrogens (tertiary/aromatic N) is 1. The molecule has 2 heterocycles. The number of hydrogen-bond donors (Lipinski definition) is 0. The van der Waals surface area contributed by atoms with E-state index in [4.69, 9.17) is 4.74 Å². The van der Waals surface area contributed by atoms with Crippen LogP contribution >= 0.6 is 0 Å². The van der Waals surface area contributed by atoms with Gasteiger partial charge in [0.2, 0.25) is 0 Å². The Labute approximate surface area is 83.1 Å². The number of ether oxygens (including phenoxy) is 1. The van der Waals surface area contributed by atoms with E-state index in [9.17, 15) is 0 Å². The summed E-state index contributed by atoms with van der Waals surface area (Å²) in [7, 11) is 0. The summed E-state index contributed by atoms with van der Waals surface area (Å²) in [5.74, 6) is 0. The predicted molar refractivity (Wildman–Crippen MR) is 55.2 cm³/mol. The maximum Gasteiger partial charge on any atom is 0.0674 e. The van der Waals surface area contributed by atoms with Gasteiger partial charge in [-0.3, -0.25) is 0 Å². The van der Waals surface area contributed by atoms with E-state index in [2.05, 4.69) is 28.8 Å². The average molecular weight is 186 g/mol. The zero-order chi connectivity index (χ0) is 9.38. The first-order valence-electron chi connectivity index (χ1n) is 5.00. The maximum absolute atomic E-state index is 5.40. The van der Waals surface area contributed by atoms with Crippen LogP contribution in [0.3, 0.4) is 0 Å². The van der Waals surface area contributed by atoms with Gasteiger partial charge in [0.15, 0.2) is 0 Å². The monoisotopic (exact) mass is 186 g/mol. The Morgan fingerprint density at radius 1 is 1.36 bits per heavy atom. The molecule has 1 aliphatic rings. The topological polar surface area (TPSA) is 14.2 Å². The van der Waals surface area contributed by atoms with Gasteiger partial charge >= 0.3 is 0 Å². The highest BCUT2D eigenvalue weighted by Crippen LogP contribution is 2.24. The van der Waals surface area contributed by atoms with Crippen LogP contribution in [-0.4, -0.2) is 17.8 Å². The maximum atomic E-state index is 5.40. The highest BCUT2D eigenvalue weighted by atomic mass is 16.5. The first-order chi connectivity index (χ1) is 6.95. The normalized spacial score (nSPS) is 21.9. The molecule has 2 aromatic rings. The second-order valence-corrected chi connectivity index (χ2v) is 3.72. The number of hydrogen-bond acceptors (Lipinski definition) is 1. The molecule has 1 atom stereocenters. The molecule has 2 nitrogen and oxygen atoms in total. The molecule has 0 bridgehead atoms. The summed E-state index contributed by atoms with van der Waals surface area (Å²) in [6.45, 7) is 1.73. The van der Waals surface area contributed by atoms with Gasteiger partial charge < -0.3 is 9.30 Å². The summed E-state index contributed by atoms with van der Waals surface area (Å²) in [6, 6.07) is 12.1. The van der Waals surface area contributed by atoms with Gasteiger partial charge in [0.05, 0.1) is 12.6 Å². The van der Waals surface area contributed by atoms with Crippen LogP contribution in [0.25, 0.3) is 10.9 Å². The van der Waals surface area contributed by atoms with Crippen LogP contribution in [0, 0.1) is 6.07 Å². The van der Waals surface area contributed by atoms with Crippen molar-refractivity contribution in [3.63, 3.8) is 0 Å².